The van der Waals surface area contributed by atoms with E-state index in [0.717, 1.165) is 4.90 Å². The highest BCUT2D eigenvalue weighted by Gasteiger charge is 2.54. The van der Waals surface area contributed by atoms with Gasteiger partial charge in [0.25, 0.3) is 11.8 Å². The fourth-order valence-corrected chi connectivity index (χ4v) is 7.23. The molecule has 2 aromatic rings. The molecular formula is C32H34N2O11S. The molecule has 1 saturated heterocycles. The minimum atomic E-state index is -0.882. The number of benzene rings is 2. The molecule has 2 aromatic carbocycles. The van der Waals surface area contributed by atoms with Gasteiger partial charge in [-0.1, -0.05) is 0 Å². The zero-order chi connectivity index (χ0) is 32.7. The van der Waals surface area contributed by atoms with Gasteiger partial charge in [-0.15, -0.1) is 11.8 Å². The standard InChI is InChI=1S/C32H34N2O11S/c1-15(33)13-46-24-11-25(35)34(31(24)37)6-5-26(36)45-29-18-10-21-20(43-14-44-21)9-17(18)27(28-19(29)12-42-32(28)38)16-7-22(39-2)30(41-4)23(8-16)40-3/h7-11,15,19,27-29H,5-6,12-14,33H2,1-4H3/t15-,19+,27-,28+,29+/m1/s1. The number of fused-ring (bicyclic) bond motifs is 3. The number of carbonyl (C=O) groups excluding carboxylic acids is 4. The molecular weight excluding hydrogens is 620 g/mol. The maximum Gasteiger partial charge on any atom is 0.310 e. The summed E-state index contributed by atoms with van der Waals surface area (Å²) in [5.74, 6) is -1.22. The Hall–Kier alpha value is -4.43. The number of ether oxygens (including phenoxy) is 7. The van der Waals surface area contributed by atoms with E-state index in [-0.39, 0.29) is 37.3 Å². The van der Waals surface area contributed by atoms with Gasteiger partial charge in [0.1, 0.15) is 6.10 Å². The Morgan fingerprint density at radius 2 is 1.67 bits per heavy atom. The maximum absolute atomic E-state index is 13.4. The highest BCUT2D eigenvalue weighted by Crippen LogP contribution is 2.56. The summed E-state index contributed by atoms with van der Waals surface area (Å²) in [5, 5.41) is 0. The van der Waals surface area contributed by atoms with E-state index >= 15 is 0 Å². The molecule has 0 spiro atoms. The molecule has 5 atom stereocenters. The smallest absolute Gasteiger partial charge is 0.310 e. The van der Waals surface area contributed by atoms with Crippen molar-refractivity contribution < 1.29 is 52.3 Å². The first kappa shape index (κ1) is 31.5. The van der Waals surface area contributed by atoms with Crippen LogP contribution in [0.15, 0.2) is 35.2 Å². The summed E-state index contributed by atoms with van der Waals surface area (Å²) in [6, 6.07) is 6.97. The second-order valence-corrected chi connectivity index (χ2v) is 12.4. The fourth-order valence-electron chi connectivity index (χ4n) is 6.37. The zero-order valence-corrected chi connectivity index (χ0v) is 26.5. The van der Waals surface area contributed by atoms with Gasteiger partial charge in [-0.3, -0.25) is 24.1 Å². The highest BCUT2D eigenvalue weighted by atomic mass is 32.2. The Bertz CT molecular complexity index is 1600. The number of esters is 2. The molecule has 46 heavy (non-hydrogen) atoms. The van der Waals surface area contributed by atoms with E-state index in [4.69, 9.17) is 38.9 Å². The van der Waals surface area contributed by atoms with Crippen molar-refractivity contribution in [1.29, 1.82) is 0 Å². The summed E-state index contributed by atoms with van der Waals surface area (Å²) in [6.07, 6.45) is 0.137. The van der Waals surface area contributed by atoms with E-state index in [1.807, 2.05) is 0 Å². The van der Waals surface area contributed by atoms with Gasteiger partial charge in [-0.25, -0.2) is 0 Å². The number of carbonyl (C=O) groups is 4. The molecule has 4 aliphatic rings. The first-order valence-corrected chi connectivity index (χ1v) is 15.7. The molecule has 13 nitrogen and oxygen atoms in total. The third-order valence-electron chi connectivity index (χ3n) is 8.44. The van der Waals surface area contributed by atoms with E-state index in [1.165, 1.54) is 39.2 Å². The molecule has 0 radical (unpaired) electrons. The number of hydrogen-bond donors (Lipinski definition) is 1. The van der Waals surface area contributed by atoms with Gasteiger partial charge >= 0.3 is 11.9 Å². The van der Waals surface area contributed by atoms with Crippen molar-refractivity contribution in [3.05, 3.63) is 51.9 Å². The molecule has 2 N–H and O–H groups in total. The van der Waals surface area contributed by atoms with Crippen LogP contribution in [-0.2, 0) is 28.7 Å². The van der Waals surface area contributed by atoms with Crippen LogP contribution in [0.25, 0.3) is 0 Å². The second-order valence-electron chi connectivity index (χ2n) is 11.3. The zero-order valence-electron chi connectivity index (χ0n) is 25.7. The van der Waals surface area contributed by atoms with Crippen LogP contribution in [-0.4, -0.2) is 81.7 Å². The van der Waals surface area contributed by atoms with Gasteiger partial charge in [-0.05, 0) is 42.3 Å². The third kappa shape index (κ3) is 5.60. The molecule has 0 bridgehead atoms. The van der Waals surface area contributed by atoms with Crippen molar-refractivity contribution in [2.75, 3.05) is 47.0 Å². The van der Waals surface area contributed by atoms with Crippen LogP contribution in [0.3, 0.4) is 0 Å². The van der Waals surface area contributed by atoms with E-state index in [9.17, 15) is 19.2 Å². The maximum atomic E-state index is 13.4. The first-order valence-electron chi connectivity index (χ1n) is 14.7. The van der Waals surface area contributed by atoms with E-state index in [2.05, 4.69) is 0 Å². The van der Waals surface area contributed by atoms with E-state index in [1.54, 1.807) is 31.2 Å². The highest BCUT2D eigenvalue weighted by molar-refractivity contribution is 8.04. The summed E-state index contributed by atoms with van der Waals surface area (Å²) >= 11 is 1.21. The number of nitrogens with zero attached hydrogens (tertiary/aromatic N) is 1. The average molecular weight is 655 g/mol. The summed E-state index contributed by atoms with van der Waals surface area (Å²) in [4.78, 5) is 53.4. The van der Waals surface area contributed by atoms with Crippen molar-refractivity contribution in [3.63, 3.8) is 0 Å². The topological polar surface area (TPSA) is 162 Å². The lowest BCUT2D eigenvalue weighted by atomic mass is 9.66. The van der Waals surface area contributed by atoms with Gasteiger partial charge in [0.2, 0.25) is 12.5 Å². The Morgan fingerprint density at radius 3 is 2.30 bits per heavy atom. The molecule has 0 unspecified atom stereocenters. The third-order valence-corrected chi connectivity index (χ3v) is 9.74. The van der Waals surface area contributed by atoms with Crippen LogP contribution in [0, 0.1) is 11.8 Å². The number of rotatable bonds is 11. The fraction of sp³-hybridized carbons (Fsp3) is 0.438. The number of thioether (sulfide) groups is 1. The molecule has 1 aliphatic carbocycles. The minimum Gasteiger partial charge on any atom is -0.493 e. The molecule has 3 heterocycles. The Balaban J connectivity index is 1.31. The lowest BCUT2D eigenvalue weighted by Crippen LogP contribution is -2.37. The summed E-state index contributed by atoms with van der Waals surface area (Å²) in [6.45, 7) is 1.68. The molecule has 3 aliphatic heterocycles. The molecule has 244 valence electrons. The van der Waals surface area contributed by atoms with Gasteiger partial charge in [0.05, 0.1) is 45.2 Å². The molecule has 0 aromatic heterocycles. The Morgan fingerprint density at radius 1 is 1.00 bits per heavy atom. The quantitative estimate of drug-likeness (QED) is 0.278. The van der Waals surface area contributed by atoms with Crippen LogP contribution >= 0.6 is 11.8 Å². The van der Waals surface area contributed by atoms with Crippen molar-refractivity contribution in [2.24, 2.45) is 17.6 Å². The Kier molecular flexibility index (Phi) is 8.75. The average Bonchev–Trinajstić information content (AvgIpc) is 3.74. The normalized spacial score (nSPS) is 23.4. The largest absolute Gasteiger partial charge is 0.493 e. The minimum absolute atomic E-state index is 0.0167. The van der Waals surface area contributed by atoms with Gasteiger partial charge in [0, 0.05) is 41.8 Å². The number of cyclic esters (lactones) is 1. The summed E-state index contributed by atoms with van der Waals surface area (Å²) < 4.78 is 39.7. The molecule has 14 heteroatoms. The summed E-state index contributed by atoms with van der Waals surface area (Å²) in [7, 11) is 4.53. The lowest BCUT2D eigenvalue weighted by Gasteiger charge is -2.38. The number of methoxy groups -OCH3 is 3. The number of hydrogen-bond acceptors (Lipinski definition) is 13. The second kappa shape index (κ2) is 12.8. The number of nitrogens with two attached hydrogens (primary N) is 1. The van der Waals surface area contributed by atoms with Crippen LogP contribution in [0.1, 0.15) is 42.1 Å². The molecule has 1 fully saturated rings. The van der Waals surface area contributed by atoms with Crippen LogP contribution in [0.5, 0.6) is 28.7 Å². The van der Waals surface area contributed by atoms with Gasteiger partial charge in [0.15, 0.2) is 23.0 Å². The molecule has 6 rings (SSSR count). The predicted octanol–water partition coefficient (Wildman–Crippen LogP) is 2.68. The van der Waals surface area contributed by atoms with Crippen molar-refractivity contribution in [2.45, 2.75) is 31.4 Å². The van der Waals surface area contributed by atoms with Crippen LogP contribution in [0.2, 0.25) is 0 Å². The van der Waals surface area contributed by atoms with Crippen molar-refractivity contribution in [3.8, 4) is 28.7 Å². The molecule has 0 saturated carbocycles. The summed E-state index contributed by atoms with van der Waals surface area (Å²) in [5.41, 5.74) is 7.79. The Labute approximate surface area is 269 Å². The van der Waals surface area contributed by atoms with Crippen LogP contribution in [0.4, 0.5) is 0 Å². The van der Waals surface area contributed by atoms with Gasteiger partial charge < -0.3 is 38.9 Å². The van der Waals surface area contributed by atoms with E-state index in [0.29, 0.717) is 51.2 Å². The molecule has 2 amide bonds. The van der Waals surface area contributed by atoms with Crippen LogP contribution < -0.4 is 29.4 Å². The first-order chi connectivity index (χ1) is 22.1. The van der Waals surface area contributed by atoms with Crippen molar-refractivity contribution in [1.82, 2.24) is 4.90 Å². The van der Waals surface area contributed by atoms with Crippen molar-refractivity contribution >= 4 is 35.5 Å². The lowest BCUT2D eigenvalue weighted by molar-refractivity contribution is -0.155. The number of imide groups is 1. The van der Waals surface area contributed by atoms with E-state index < -0.39 is 47.6 Å². The van der Waals surface area contributed by atoms with Gasteiger partial charge in [-0.2, -0.15) is 0 Å². The SMILES string of the molecule is COc1cc([C@@H]2c3cc4c(cc3[C@H](OC(=O)CCN3C(=O)C=C(SC[C@@H](C)N)C3=O)[C@H]3COC(=O)[C@H]23)OCO4)cc(OC)c1OC. The predicted molar refractivity (Wildman–Crippen MR) is 163 cm³/mol. The number of amides is 2. The monoisotopic (exact) mass is 654 g/mol.